The van der Waals surface area contributed by atoms with Crippen LogP contribution in [0.25, 0.3) is 0 Å². The minimum atomic E-state index is -0.368. The number of nitrogens with zero attached hydrogens (tertiary/aromatic N) is 1. The first kappa shape index (κ1) is 12.8. The minimum Gasteiger partial charge on any atom is -0.386 e. The van der Waals surface area contributed by atoms with E-state index in [9.17, 15) is 5.11 Å². The van der Waals surface area contributed by atoms with Crippen molar-refractivity contribution in [3.63, 3.8) is 0 Å². The Balaban J connectivity index is 1.65. The Kier molecular flexibility index (Phi) is 3.08. The van der Waals surface area contributed by atoms with Crippen LogP contribution in [-0.2, 0) is 6.54 Å². The van der Waals surface area contributed by atoms with Gasteiger partial charge < -0.3 is 10.8 Å². The summed E-state index contributed by atoms with van der Waals surface area (Å²) in [4.78, 5) is 4.71. The van der Waals surface area contributed by atoms with E-state index in [1.54, 1.807) is 0 Å². The Morgan fingerprint density at radius 3 is 2.65 bits per heavy atom. The predicted molar refractivity (Wildman–Crippen MR) is 78.0 cm³/mol. The lowest BCUT2D eigenvalue weighted by Gasteiger charge is -2.28. The molecule has 0 radical (unpaired) electrons. The van der Waals surface area contributed by atoms with Crippen molar-refractivity contribution in [2.45, 2.75) is 57.1 Å². The van der Waals surface area contributed by atoms with Crippen LogP contribution < -0.4 is 5.73 Å². The van der Waals surface area contributed by atoms with Gasteiger partial charge in [0.25, 0.3) is 0 Å². The summed E-state index contributed by atoms with van der Waals surface area (Å²) in [5.41, 5.74) is 8.88. The smallest absolute Gasteiger partial charge is 0.0993 e. The van der Waals surface area contributed by atoms with Gasteiger partial charge in [0.1, 0.15) is 0 Å². The highest BCUT2D eigenvalue weighted by Gasteiger charge is 2.44. The Morgan fingerprint density at radius 2 is 2.05 bits per heavy atom. The lowest BCUT2D eigenvalue weighted by atomic mass is 9.82. The van der Waals surface area contributed by atoms with Crippen LogP contribution in [0.4, 0.5) is 0 Å². The Morgan fingerprint density at radius 1 is 1.20 bits per heavy atom. The van der Waals surface area contributed by atoms with Gasteiger partial charge in [0.2, 0.25) is 0 Å². The summed E-state index contributed by atoms with van der Waals surface area (Å²) in [6.07, 6.45) is 7.34. The van der Waals surface area contributed by atoms with Crippen LogP contribution in [0.3, 0.4) is 0 Å². The molecular weight excluding hydrogens is 248 g/mol. The van der Waals surface area contributed by atoms with E-state index in [4.69, 9.17) is 10.7 Å². The molecule has 0 aliphatic heterocycles. The van der Waals surface area contributed by atoms with E-state index in [0.29, 0.717) is 18.4 Å². The summed E-state index contributed by atoms with van der Waals surface area (Å²) in [5, 5.41) is 10.9. The molecule has 3 N–H and O–H groups in total. The summed E-state index contributed by atoms with van der Waals surface area (Å²) >= 11 is 0. The van der Waals surface area contributed by atoms with Crippen LogP contribution >= 0.6 is 0 Å². The molecule has 3 aliphatic rings. The first-order chi connectivity index (χ1) is 9.76. The third kappa shape index (κ3) is 2.08. The van der Waals surface area contributed by atoms with Crippen molar-refractivity contribution in [2.24, 2.45) is 23.5 Å². The zero-order chi connectivity index (χ0) is 13.7. The fourth-order valence-corrected chi connectivity index (χ4v) is 4.50. The van der Waals surface area contributed by atoms with Crippen LogP contribution in [0.1, 0.15) is 67.5 Å². The van der Waals surface area contributed by atoms with Crippen LogP contribution in [0.15, 0.2) is 12.1 Å². The van der Waals surface area contributed by atoms with Crippen molar-refractivity contribution in [2.75, 3.05) is 0 Å². The molecule has 4 atom stereocenters. The quantitative estimate of drug-likeness (QED) is 0.886. The summed E-state index contributed by atoms with van der Waals surface area (Å²) in [6.45, 7) is 0.460. The second-order valence-electron chi connectivity index (χ2n) is 7.04. The largest absolute Gasteiger partial charge is 0.386 e. The highest BCUT2D eigenvalue weighted by molar-refractivity contribution is 5.32. The number of pyridine rings is 1. The molecule has 1 aromatic rings. The van der Waals surface area contributed by atoms with Crippen molar-refractivity contribution >= 4 is 0 Å². The zero-order valence-electron chi connectivity index (χ0n) is 12.0. The van der Waals surface area contributed by atoms with Crippen molar-refractivity contribution in [1.82, 2.24) is 4.98 Å². The summed E-state index contributed by atoms with van der Waals surface area (Å²) < 4.78 is 0. The van der Waals surface area contributed by atoms with E-state index in [2.05, 4.69) is 6.07 Å². The van der Waals surface area contributed by atoms with Gasteiger partial charge in [-0.05, 0) is 67.4 Å². The average Bonchev–Trinajstić information content (AvgIpc) is 3.12. The van der Waals surface area contributed by atoms with Crippen molar-refractivity contribution in [3.8, 4) is 0 Å². The number of hydrogen-bond donors (Lipinski definition) is 2. The van der Waals surface area contributed by atoms with Crippen molar-refractivity contribution in [3.05, 3.63) is 29.1 Å². The molecule has 0 spiro atoms. The van der Waals surface area contributed by atoms with Crippen LogP contribution in [0.5, 0.6) is 0 Å². The van der Waals surface area contributed by atoms with Crippen LogP contribution in [0, 0.1) is 17.8 Å². The average molecular weight is 272 g/mol. The summed E-state index contributed by atoms with van der Waals surface area (Å²) in [5.74, 6) is 2.66. The molecule has 2 bridgehead atoms. The first-order valence-corrected chi connectivity index (χ1v) is 8.14. The first-order valence-electron chi connectivity index (χ1n) is 8.14. The Bertz CT molecular complexity index is 512. The maximum absolute atomic E-state index is 10.9. The van der Waals surface area contributed by atoms with Gasteiger partial charge in [0, 0.05) is 6.54 Å². The SMILES string of the molecule is NCc1ccc(C2CC2)c(C(O)C2CC3CCC2C3)n1. The number of rotatable bonds is 4. The molecule has 108 valence electrons. The summed E-state index contributed by atoms with van der Waals surface area (Å²) in [7, 11) is 0. The van der Waals surface area contributed by atoms with E-state index >= 15 is 0 Å². The van der Waals surface area contributed by atoms with Gasteiger partial charge in [-0.1, -0.05) is 12.5 Å². The number of aliphatic hydroxyl groups is 1. The second kappa shape index (κ2) is 4.81. The molecule has 1 heterocycles. The second-order valence-corrected chi connectivity index (χ2v) is 7.04. The molecule has 0 amide bonds. The normalized spacial score (nSPS) is 33.6. The van der Waals surface area contributed by atoms with E-state index in [-0.39, 0.29) is 6.10 Å². The van der Waals surface area contributed by atoms with Crippen LogP contribution in [0.2, 0.25) is 0 Å². The van der Waals surface area contributed by atoms with Gasteiger partial charge >= 0.3 is 0 Å². The summed E-state index contributed by atoms with van der Waals surface area (Å²) in [6, 6.07) is 4.20. The molecule has 3 heteroatoms. The fraction of sp³-hybridized carbons (Fsp3) is 0.706. The number of hydrogen-bond acceptors (Lipinski definition) is 3. The highest BCUT2D eigenvalue weighted by Crippen LogP contribution is 2.53. The number of aliphatic hydroxyl groups excluding tert-OH is 1. The lowest BCUT2D eigenvalue weighted by Crippen LogP contribution is -2.22. The van der Waals surface area contributed by atoms with E-state index < -0.39 is 0 Å². The highest BCUT2D eigenvalue weighted by atomic mass is 16.3. The molecule has 3 fully saturated rings. The number of nitrogens with two attached hydrogens (primary N) is 1. The zero-order valence-corrected chi connectivity index (χ0v) is 12.0. The molecule has 4 rings (SSSR count). The lowest BCUT2D eigenvalue weighted by molar-refractivity contribution is 0.0700. The maximum atomic E-state index is 10.9. The molecular formula is C17H24N2O. The molecule has 4 unspecified atom stereocenters. The van der Waals surface area contributed by atoms with Gasteiger partial charge in [0.15, 0.2) is 0 Å². The molecule has 0 aromatic carbocycles. The molecule has 3 aliphatic carbocycles. The minimum absolute atomic E-state index is 0.368. The van der Waals surface area contributed by atoms with Gasteiger partial charge in [-0.25, -0.2) is 0 Å². The topological polar surface area (TPSA) is 59.1 Å². The van der Waals surface area contributed by atoms with Gasteiger partial charge in [-0.2, -0.15) is 0 Å². The van der Waals surface area contributed by atoms with Crippen molar-refractivity contribution in [1.29, 1.82) is 0 Å². The third-order valence-electron chi connectivity index (χ3n) is 5.72. The van der Waals surface area contributed by atoms with E-state index in [0.717, 1.165) is 23.2 Å². The van der Waals surface area contributed by atoms with Crippen LogP contribution in [-0.4, -0.2) is 10.1 Å². The number of aromatic nitrogens is 1. The van der Waals surface area contributed by atoms with Gasteiger partial charge in [-0.3, -0.25) is 4.98 Å². The Labute approximate surface area is 120 Å². The number of fused-ring (bicyclic) bond motifs is 2. The monoisotopic (exact) mass is 272 g/mol. The maximum Gasteiger partial charge on any atom is 0.0993 e. The third-order valence-corrected chi connectivity index (χ3v) is 5.72. The van der Waals surface area contributed by atoms with Gasteiger partial charge in [0.05, 0.1) is 17.5 Å². The molecule has 20 heavy (non-hydrogen) atoms. The Hall–Kier alpha value is -0.930. The molecule has 1 aromatic heterocycles. The standard InChI is InChI=1S/C17H24N2O/c18-9-13-5-6-14(11-3-4-11)16(19-13)17(20)15-8-10-1-2-12(15)7-10/h5-6,10-12,15,17,20H,1-4,7-9,18H2. The molecule has 3 saturated carbocycles. The van der Waals surface area contributed by atoms with E-state index in [1.165, 1.54) is 44.1 Å². The molecule has 3 nitrogen and oxygen atoms in total. The molecule has 0 saturated heterocycles. The van der Waals surface area contributed by atoms with Crippen molar-refractivity contribution < 1.29 is 5.11 Å². The predicted octanol–water partition coefficient (Wildman–Crippen LogP) is 2.89. The van der Waals surface area contributed by atoms with Gasteiger partial charge in [-0.15, -0.1) is 0 Å². The van der Waals surface area contributed by atoms with E-state index in [1.807, 2.05) is 6.07 Å². The fourth-order valence-electron chi connectivity index (χ4n) is 4.50.